The Hall–Kier alpha value is -4.69. The first-order valence-corrected chi connectivity index (χ1v) is 12.9. The smallest absolute Gasteiger partial charge is 0.277 e. The molecule has 1 aromatic carbocycles. The molecule has 3 aromatic heterocycles. The number of hydrogen-bond acceptors (Lipinski definition) is 12. The topological polar surface area (TPSA) is 184 Å². The molecule has 40 heavy (non-hydrogen) atoms. The fourth-order valence-corrected chi connectivity index (χ4v) is 4.55. The van der Waals surface area contributed by atoms with Gasteiger partial charge >= 0.3 is 0 Å². The predicted octanol–water partition coefficient (Wildman–Crippen LogP) is 1.77. The molecule has 0 atom stereocenters. The Kier molecular flexibility index (Phi) is 7.79. The maximum absolute atomic E-state index is 11.7. The Morgan fingerprint density at radius 1 is 1.23 bits per heavy atom. The highest BCUT2D eigenvalue weighted by atomic mass is 16.5. The van der Waals surface area contributed by atoms with E-state index in [0.29, 0.717) is 73.6 Å². The third kappa shape index (κ3) is 5.26. The van der Waals surface area contributed by atoms with Crippen molar-refractivity contribution < 1.29 is 14.7 Å². The van der Waals surface area contributed by atoms with Gasteiger partial charge in [0.2, 0.25) is 5.95 Å². The number of rotatable bonds is 9. The molecule has 4 heterocycles. The summed E-state index contributed by atoms with van der Waals surface area (Å²) >= 11 is 0. The number of aromatic nitrogens is 6. The first kappa shape index (κ1) is 26.9. The molecule has 1 amide bonds. The zero-order valence-electron chi connectivity index (χ0n) is 22.3. The van der Waals surface area contributed by atoms with Crippen LogP contribution in [0, 0.1) is 5.41 Å². The standard InChI is InChI=1S/C26H31N11O3/c1-3-6-37(26-29-13-18(14-30-26)25(38)34-39)15-20-31-21-23(35(20)2)32-22(16-4-5-19(28)17(11-16)12-27)33-24(21)36-7-9-40-10-8-36/h4-5,11-14,27,39H,3,6-10,15,28H2,1-2H3,(H,34,38). The molecule has 1 aliphatic heterocycles. The minimum absolute atomic E-state index is 0.150. The van der Waals surface area contributed by atoms with Crippen LogP contribution < -0.4 is 21.0 Å². The number of nitrogen functional groups attached to an aromatic ring is 1. The zero-order valence-corrected chi connectivity index (χ0v) is 22.3. The lowest BCUT2D eigenvalue weighted by atomic mass is 10.1. The minimum Gasteiger partial charge on any atom is -0.398 e. The second-order valence-corrected chi connectivity index (χ2v) is 9.35. The van der Waals surface area contributed by atoms with E-state index in [1.165, 1.54) is 18.6 Å². The maximum atomic E-state index is 11.7. The second-order valence-electron chi connectivity index (χ2n) is 9.35. The van der Waals surface area contributed by atoms with Gasteiger partial charge in [0.25, 0.3) is 5.91 Å². The van der Waals surface area contributed by atoms with Crippen LogP contribution in [-0.4, -0.2) is 79.7 Å². The van der Waals surface area contributed by atoms with Crippen LogP contribution in [-0.2, 0) is 18.3 Å². The Morgan fingerprint density at radius 2 is 1.98 bits per heavy atom. The van der Waals surface area contributed by atoms with Crippen LogP contribution in [0.3, 0.4) is 0 Å². The first-order valence-electron chi connectivity index (χ1n) is 12.9. The third-order valence-electron chi connectivity index (χ3n) is 6.71. The van der Waals surface area contributed by atoms with E-state index in [1.807, 2.05) is 28.6 Å². The van der Waals surface area contributed by atoms with Crippen LogP contribution in [0.25, 0.3) is 22.6 Å². The Balaban J connectivity index is 1.57. The van der Waals surface area contributed by atoms with Gasteiger partial charge in [-0.1, -0.05) is 6.92 Å². The summed E-state index contributed by atoms with van der Waals surface area (Å²) in [7, 11) is 1.91. The Morgan fingerprint density at radius 3 is 2.65 bits per heavy atom. The van der Waals surface area contributed by atoms with Crippen LogP contribution in [0.5, 0.6) is 0 Å². The van der Waals surface area contributed by atoms with Crippen molar-refractivity contribution >= 4 is 40.7 Å². The number of carbonyl (C=O) groups is 1. The summed E-state index contributed by atoms with van der Waals surface area (Å²) in [6, 6.07) is 5.42. The van der Waals surface area contributed by atoms with Gasteiger partial charge in [0.15, 0.2) is 22.8 Å². The van der Waals surface area contributed by atoms with Crippen molar-refractivity contribution in [2.75, 3.05) is 48.4 Å². The van der Waals surface area contributed by atoms with Crippen molar-refractivity contribution in [3.05, 3.63) is 47.5 Å². The van der Waals surface area contributed by atoms with Gasteiger partial charge in [-0.15, -0.1) is 0 Å². The van der Waals surface area contributed by atoms with Crippen LogP contribution in [0.15, 0.2) is 30.6 Å². The van der Waals surface area contributed by atoms with E-state index >= 15 is 0 Å². The summed E-state index contributed by atoms with van der Waals surface area (Å²) in [5.74, 6) is 1.73. The molecule has 0 unspecified atom stereocenters. The number of nitrogens with zero attached hydrogens (tertiary/aromatic N) is 8. The molecule has 0 saturated carbocycles. The fourth-order valence-electron chi connectivity index (χ4n) is 4.55. The average molecular weight is 546 g/mol. The molecule has 0 bridgehead atoms. The molecule has 5 N–H and O–H groups in total. The molecule has 1 fully saturated rings. The second kappa shape index (κ2) is 11.6. The third-order valence-corrected chi connectivity index (χ3v) is 6.71. The molecule has 0 radical (unpaired) electrons. The summed E-state index contributed by atoms with van der Waals surface area (Å²) in [5, 5.41) is 16.6. The number of aryl methyl sites for hydroxylation is 1. The number of morpholine rings is 1. The molecule has 208 valence electrons. The number of anilines is 3. The van der Waals surface area contributed by atoms with Crippen LogP contribution in [0.1, 0.15) is 35.1 Å². The van der Waals surface area contributed by atoms with Gasteiger partial charge in [-0.2, -0.15) is 0 Å². The summed E-state index contributed by atoms with van der Waals surface area (Å²) in [4.78, 5) is 39.3. The van der Waals surface area contributed by atoms with E-state index in [1.54, 1.807) is 11.5 Å². The number of nitrogens with two attached hydrogens (primary N) is 1. The van der Waals surface area contributed by atoms with E-state index in [9.17, 15) is 4.79 Å². The number of hydrogen-bond donors (Lipinski definition) is 4. The molecule has 5 rings (SSSR count). The number of carbonyl (C=O) groups excluding carboxylic acids is 1. The quantitative estimate of drug-likeness (QED) is 0.104. The lowest BCUT2D eigenvalue weighted by Gasteiger charge is -2.28. The molecular formula is C26H31N11O3. The predicted molar refractivity (Wildman–Crippen MR) is 150 cm³/mol. The van der Waals surface area contributed by atoms with Crippen molar-refractivity contribution in [1.82, 2.24) is 35.0 Å². The maximum Gasteiger partial charge on any atom is 0.277 e. The molecule has 1 aliphatic rings. The normalized spacial score (nSPS) is 13.4. The highest BCUT2D eigenvalue weighted by Crippen LogP contribution is 2.30. The lowest BCUT2D eigenvalue weighted by Crippen LogP contribution is -2.37. The highest BCUT2D eigenvalue weighted by molar-refractivity contribution is 5.92. The monoisotopic (exact) mass is 545 g/mol. The van der Waals surface area contributed by atoms with Gasteiger partial charge in [-0.3, -0.25) is 10.0 Å². The van der Waals surface area contributed by atoms with Crippen LogP contribution in [0.2, 0.25) is 0 Å². The molecule has 14 heteroatoms. The SMILES string of the molecule is CCCN(Cc1nc2c(N3CCOCC3)nc(-c3ccc(N)c(C=N)c3)nc2n1C)c1ncc(C(=O)NO)cn1. The minimum atomic E-state index is -0.678. The first-order chi connectivity index (χ1) is 19.4. The Bertz CT molecular complexity index is 1530. The highest BCUT2D eigenvalue weighted by Gasteiger charge is 2.24. The summed E-state index contributed by atoms with van der Waals surface area (Å²) in [5.41, 5.74) is 11.0. The molecule has 0 aliphatic carbocycles. The van der Waals surface area contributed by atoms with Crippen molar-refractivity contribution in [2.45, 2.75) is 19.9 Å². The zero-order chi connectivity index (χ0) is 28.2. The molecule has 0 spiro atoms. The van der Waals surface area contributed by atoms with Gasteiger partial charge in [0, 0.05) is 62.1 Å². The Labute approximate surface area is 230 Å². The van der Waals surface area contributed by atoms with E-state index in [0.717, 1.165) is 23.6 Å². The molecule has 4 aromatic rings. The number of imidazole rings is 1. The van der Waals surface area contributed by atoms with Gasteiger partial charge < -0.3 is 30.2 Å². The number of ether oxygens (including phenoxy) is 1. The average Bonchev–Trinajstić information content (AvgIpc) is 3.31. The number of amides is 1. The number of hydroxylamine groups is 1. The summed E-state index contributed by atoms with van der Waals surface area (Å²) < 4.78 is 7.51. The lowest BCUT2D eigenvalue weighted by molar-refractivity contribution is 0.0705. The number of nitrogens with one attached hydrogen (secondary N) is 2. The van der Waals surface area contributed by atoms with Gasteiger partial charge in [-0.25, -0.2) is 30.4 Å². The number of fused-ring (bicyclic) bond motifs is 1. The van der Waals surface area contributed by atoms with Crippen molar-refractivity contribution in [3.63, 3.8) is 0 Å². The van der Waals surface area contributed by atoms with E-state index in [4.69, 9.17) is 36.0 Å². The van der Waals surface area contributed by atoms with Crippen molar-refractivity contribution in [1.29, 1.82) is 5.41 Å². The summed E-state index contributed by atoms with van der Waals surface area (Å²) in [6.45, 7) is 5.63. The van der Waals surface area contributed by atoms with E-state index < -0.39 is 5.91 Å². The van der Waals surface area contributed by atoms with Crippen molar-refractivity contribution in [2.24, 2.45) is 7.05 Å². The van der Waals surface area contributed by atoms with Crippen molar-refractivity contribution in [3.8, 4) is 11.4 Å². The fraction of sp³-hybridized carbons (Fsp3) is 0.346. The molecular weight excluding hydrogens is 514 g/mol. The van der Waals surface area contributed by atoms with E-state index in [2.05, 4.69) is 21.8 Å². The molecule has 1 saturated heterocycles. The number of benzene rings is 1. The molecule has 14 nitrogen and oxygen atoms in total. The van der Waals surface area contributed by atoms with Gasteiger partial charge in [0.1, 0.15) is 5.82 Å². The van der Waals surface area contributed by atoms with Crippen LogP contribution in [0.4, 0.5) is 17.5 Å². The van der Waals surface area contributed by atoms with Crippen LogP contribution >= 0.6 is 0 Å². The van der Waals surface area contributed by atoms with Gasteiger partial charge in [-0.05, 0) is 24.6 Å². The van der Waals surface area contributed by atoms with Gasteiger partial charge in [0.05, 0.1) is 25.3 Å². The van der Waals surface area contributed by atoms with E-state index in [-0.39, 0.29) is 5.56 Å². The summed E-state index contributed by atoms with van der Waals surface area (Å²) in [6.07, 6.45) is 4.79. The largest absolute Gasteiger partial charge is 0.398 e.